The molecule has 10 rings (SSSR count). The van der Waals surface area contributed by atoms with Crippen LogP contribution in [0.3, 0.4) is 0 Å². The molecule has 0 aromatic carbocycles. The second-order valence-electron chi connectivity index (χ2n) is 22.2. The van der Waals surface area contributed by atoms with Crippen molar-refractivity contribution in [2.75, 3.05) is 7.11 Å². The number of esters is 4. The minimum Gasteiger partial charge on any atom is -0.459 e. The van der Waals surface area contributed by atoms with Crippen LogP contribution in [0.25, 0.3) is 0 Å². The molecule has 9 aliphatic carbocycles. The molecule has 0 radical (unpaired) electrons. The summed E-state index contributed by atoms with van der Waals surface area (Å²) in [6, 6.07) is 0. The summed E-state index contributed by atoms with van der Waals surface area (Å²) in [6.07, 6.45) is 15.9. The van der Waals surface area contributed by atoms with Gasteiger partial charge >= 0.3 is 23.9 Å². The van der Waals surface area contributed by atoms with Crippen molar-refractivity contribution in [3.05, 3.63) is 0 Å². The first-order valence-corrected chi connectivity index (χ1v) is 23.2. The summed E-state index contributed by atoms with van der Waals surface area (Å²) >= 11 is 0. The lowest BCUT2D eigenvalue weighted by molar-refractivity contribution is -0.225. The number of fused-ring (bicyclic) bond motifs is 2. The van der Waals surface area contributed by atoms with Gasteiger partial charge in [0.05, 0.1) is 27.8 Å². The molecule has 6 atom stereocenters. The third-order valence-corrected chi connectivity index (χ3v) is 16.9. The average Bonchev–Trinajstić information content (AvgIpc) is 3.38. The fourth-order valence-electron chi connectivity index (χ4n) is 12.6. The largest absolute Gasteiger partial charge is 0.459 e. The topological polar surface area (TPSA) is 135 Å². The predicted molar refractivity (Wildman–Crippen MR) is 220 cm³/mol. The minimum absolute atomic E-state index is 0.0364. The molecule has 10 aliphatic rings. The lowest BCUT2D eigenvalue weighted by Gasteiger charge is -2.60. The molecule has 1 aliphatic heterocycles. The Bertz CT molecular complexity index is 1490. The van der Waals surface area contributed by atoms with E-state index in [1.807, 2.05) is 55.4 Å². The van der Waals surface area contributed by atoms with E-state index in [4.69, 9.17) is 23.7 Å². The zero-order valence-corrected chi connectivity index (χ0v) is 37.9. The maximum atomic E-state index is 12.6. The third-order valence-electron chi connectivity index (χ3n) is 16.9. The van der Waals surface area contributed by atoms with E-state index in [9.17, 15) is 24.3 Å². The summed E-state index contributed by atoms with van der Waals surface area (Å²) in [7, 11) is 1.56. The smallest absolute Gasteiger partial charge is 0.312 e. The Morgan fingerprint density at radius 3 is 1.64 bits per heavy atom. The van der Waals surface area contributed by atoms with Crippen LogP contribution in [0.1, 0.15) is 178 Å². The van der Waals surface area contributed by atoms with E-state index in [1.165, 1.54) is 38.5 Å². The van der Waals surface area contributed by atoms with Crippen LogP contribution in [0.15, 0.2) is 0 Å². The number of hydrogen-bond acceptors (Lipinski definition) is 10. The maximum Gasteiger partial charge on any atom is 0.312 e. The molecule has 9 saturated carbocycles. The molecule has 10 heteroatoms. The number of carbonyl (C=O) groups excluding carboxylic acids is 4. The van der Waals surface area contributed by atoms with Crippen LogP contribution in [0, 0.1) is 57.7 Å². The van der Waals surface area contributed by atoms with Crippen LogP contribution in [0.2, 0.25) is 0 Å². The van der Waals surface area contributed by atoms with E-state index in [1.54, 1.807) is 7.11 Å². The van der Waals surface area contributed by atoms with Crippen LogP contribution in [0.5, 0.6) is 0 Å². The molecule has 330 valence electrons. The van der Waals surface area contributed by atoms with E-state index in [-0.39, 0.29) is 58.6 Å². The number of aliphatic hydroxyl groups is 1. The minimum atomic E-state index is -0.555. The maximum absolute atomic E-state index is 12.6. The Labute approximate surface area is 349 Å². The number of methoxy groups -OCH3 is 1. The Morgan fingerprint density at radius 2 is 1.17 bits per heavy atom. The first-order chi connectivity index (χ1) is 27.1. The summed E-state index contributed by atoms with van der Waals surface area (Å²) in [6.45, 7) is 19.9. The third kappa shape index (κ3) is 8.77. The highest BCUT2D eigenvalue weighted by Gasteiger charge is 2.61. The molecule has 1 heterocycles. The van der Waals surface area contributed by atoms with Crippen molar-refractivity contribution in [2.24, 2.45) is 57.7 Å². The zero-order valence-electron chi connectivity index (χ0n) is 37.9. The molecule has 0 amide bonds. The van der Waals surface area contributed by atoms with Gasteiger partial charge in [-0.25, -0.2) is 0 Å². The molecule has 0 aromatic heterocycles. The Morgan fingerprint density at radius 1 is 0.690 bits per heavy atom. The predicted octanol–water partition coefficient (Wildman–Crippen LogP) is 9.31. The average molecular weight is 815 g/mol. The SMILES string of the molecule is CCC(C)(C)C(=O)OC1(CC)C2CC3CC(C2)CC1C3.CCC(C)(C)C(=O)OC12CC3CC(CC(O)(C3)C1)C2.CCC(C)(C)C(=O)OC1CCC2C(=O)OC1C2OC. The van der Waals surface area contributed by atoms with Gasteiger partial charge in [-0.2, -0.15) is 0 Å². The fourth-order valence-corrected chi connectivity index (χ4v) is 12.6. The van der Waals surface area contributed by atoms with E-state index in [0.717, 1.165) is 56.8 Å². The Balaban J connectivity index is 0.000000147. The summed E-state index contributed by atoms with van der Waals surface area (Å²) in [5.74, 6) is 3.53. The van der Waals surface area contributed by atoms with Crippen molar-refractivity contribution < 1.29 is 48.0 Å². The molecule has 58 heavy (non-hydrogen) atoms. The lowest BCUT2D eigenvalue weighted by Crippen LogP contribution is -2.61. The lowest BCUT2D eigenvalue weighted by atomic mass is 9.49. The van der Waals surface area contributed by atoms with Crippen LogP contribution in [-0.2, 0) is 42.9 Å². The van der Waals surface area contributed by atoms with Crippen LogP contribution >= 0.6 is 0 Å². The monoisotopic (exact) mass is 815 g/mol. The van der Waals surface area contributed by atoms with Crippen LogP contribution in [-0.4, -0.2) is 71.2 Å². The normalized spacial score (nSPS) is 40.4. The molecule has 0 aromatic rings. The van der Waals surface area contributed by atoms with Crippen molar-refractivity contribution in [3.63, 3.8) is 0 Å². The quantitative estimate of drug-likeness (QED) is 0.159. The Hall–Kier alpha value is -2.20. The van der Waals surface area contributed by atoms with Gasteiger partial charge in [0.25, 0.3) is 0 Å². The molecule has 0 spiro atoms. The van der Waals surface area contributed by atoms with Gasteiger partial charge in [-0.15, -0.1) is 0 Å². The number of carbonyl (C=O) groups is 4. The summed E-state index contributed by atoms with van der Waals surface area (Å²) in [5.41, 5.74) is -2.30. The van der Waals surface area contributed by atoms with Gasteiger partial charge in [0.1, 0.15) is 23.4 Å². The van der Waals surface area contributed by atoms with Crippen molar-refractivity contribution >= 4 is 23.9 Å². The van der Waals surface area contributed by atoms with Gasteiger partial charge in [0.2, 0.25) is 0 Å². The van der Waals surface area contributed by atoms with Gasteiger partial charge in [-0.1, -0.05) is 27.7 Å². The molecular formula is C48H78O10. The first-order valence-electron chi connectivity index (χ1n) is 23.2. The number of hydrogen-bond donors (Lipinski definition) is 1. The highest BCUT2D eigenvalue weighted by molar-refractivity contribution is 5.78. The van der Waals surface area contributed by atoms with Crippen molar-refractivity contribution in [1.29, 1.82) is 0 Å². The van der Waals surface area contributed by atoms with E-state index < -0.39 is 22.5 Å². The van der Waals surface area contributed by atoms with E-state index >= 15 is 0 Å². The Kier molecular flexibility index (Phi) is 13.0. The number of ether oxygens (including phenoxy) is 5. The summed E-state index contributed by atoms with van der Waals surface area (Å²) in [4.78, 5) is 48.8. The molecule has 10 bridgehead atoms. The van der Waals surface area contributed by atoms with Gasteiger partial charge in [-0.05, 0) is 180 Å². The van der Waals surface area contributed by atoms with Gasteiger partial charge in [0, 0.05) is 13.5 Å². The highest BCUT2D eigenvalue weighted by atomic mass is 16.6. The summed E-state index contributed by atoms with van der Waals surface area (Å²) in [5, 5.41) is 10.6. The number of rotatable bonds is 11. The van der Waals surface area contributed by atoms with Gasteiger partial charge in [-0.3, -0.25) is 19.2 Å². The van der Waals surface area contributed by atoms with Crippen LogP contribution in [0.4, 0.5) is 0 Å². The second-order valence-corrected chi connectivity index (χ2v) is 22.2. The van der Waals surface area contributed by atoms with Crippen molar-refractivity contribution in [2.45, 2.75) is 214 Å². The van der Waals surface area contributed by atoms with Gasteiger partial charge in [0.15, 0.2) is 6.10 Å². The van der Waals surface area contributed by atoms with Crippen LogP contribution < -0.4 is 0 Å². The standard InChI is InChI=1S/C18H30O2.C16H26O3.C14H22O5/c1-5-17(3,4)16(19)20-18(6-2)14-8-12-7-13(10-14)11-15(18)9-12;1-4-14(2,3)13(17)19-16-8-11-5-12(9-16)7-15(18,6-11)10-16;1-5-14(2,3)13(16)18-9-7-6-8-10(17-4)11(9)19-12(8)15/h12-15H,5-11H2,1-4H3;11-12,18H,4-10H2,1-3H3;8-11H,5-7H2,1-4H3. The molecule has 6 unspecified atom stereocenters. The molecular weight excluding hydrogens is 737 g/mol. The molecule has 10 nitrogen and oxygen atoms in total. The van der Waals surface area contributed by atoms with Crippen molar-refractivity contribution in [3.8, 4) is 0 Å². The van der Waals surface area contributed by atoms with Gasteiger partial charge < -0.3 is 28.8 Å². The molecule has 10 fully saturated rings. The fraction of sp³-hybridized carbons (Fsp3) is 0.917. The van der Waals surface area contributed by atoms with E-state index in [0.29, 0.717) is 49.4 Å². The second kappa shape index (κ2) is 16.6. The highest BCUT2D eigenvalue weighted by Crippen LogP contribution is 2.61. The molecule has 1 saturated heterocycles. The first kappa shape index (κ1) is 45.3. The van der Waals surface area contributed by atoms with E-state index in [2.05, 4.69) is 13.8 Å². The zero-order chi connectivity index (χ0) is 42.6. The molecule has 1 N–H and O–H groups in total. The van der Waals surface area contributed by atoms with Crippen molar-refractivity contribution in [1.82, 2.24) is 0 Å². The summed E-state index contributed by atoms with van der Waals surface area (Å²) < 4.78 is 28.5.